The van der Waals surface area contributed by atoms with Crippen LogP contribution in [0.25, 0.3) is 0 Å². The van der Waals surface area contributed by atoms with Gasteiger partial charge in [-0.25, -0.2) is 4.79 Å². The predicted octanol–water partition coefficient (Wildman–Crippen LogP) is 4.90. The molecule has 1 N–H and O–H groups in total. The molecule has 2 rings (SSSR count). The third kappa shape index (κ3) is 6.33. The fourth-order valence-corrected chi connectivity index (χ4v) is 3.55. The minimum atomic E-state index is -0.758. The Hall–Kier alpha value is -1.89. The van der Waals surface area contributed by atoms with E-state index in [2.05, 4.69) is 27.9 Å². The minimum absolute atomic E-state index is 0.253. The number of esters is 1. The molecule has 0 bridgehead atoms. The molecule has 0 aliphatic heterocycles. The fourth-order valence-electron chi connectivity index (χ4n) is 3.19. The molecular formula is C23H28INO3. The van der Waals surface area contributed by atoms with Gasteiger partial charge in [0.15, 0.2) is 0 Å². The smallest absolute Gasteiger partial charge is 0.329 e. The van der Waals surface area contributed by atoms with Crippen LogP contribution >= 0.6 is 22.6 Å². The molecule has 0 spiro atoms. The van der Waals surface area contributed by atoms with Crippen LogP contribution in [0.4, 0.5) is 0 Å². The normalized spacial score (nSPS) is 12.4. The van der Waals surface area contributed by atoms with Crippen LogP contribution < -0.4 is 5.32 Å². The molecule has 0 saturated heterocycles. The summed E-state index contributed by atoms with van der Waals surface area (Å²) < 4.78 is 6.67. The van der Waals surface area contributed by atoms with E-state index >= 15 is 0 Å². The number of nitrogens with one attached hydrogen (secondary N) is 1. The number of carbonyl (C=O) groups is 2. The molecule has 0 radical (unpaired) electrons. The number of amides is 1. The molecule has 0 heterocycles. The van der Waals surface area contributed by atoms with Gasteiger partial charge in [0.05, 0.1) is 0 Å². The van der Waals surface area contributed by atoms with Crippen molar-refractivity contribution in [3.63, 3.8) is 0 Å². The lowest BCUT2D eigenvalue weighted by Crippen LogP contribution is -2.45. The lowest BCUT2D eigenvalue weighted by molar-refractivity contribution is -0.157. The molecule has 2 aromatic rings. The molecule has 1 unspecified atom stereocenters. The molecular weight excluding hydrogens is 465 g/mol. The quantitative estimate of drug-likeness (QED) is 0.477. The van der Waals surface area contributed by atoms with Crippen LogP contribution in [0.1, 0.15) is 53.4 Å². The van der Waals surface area contributed by atoms with E-state index in [1.54, 1.807) is 0 Å². The first kappa shape index (κ1) is 22.4. The standard InChI is InChI=1S/C23H28INO3/c1-14-11-15(2)20(16(3)12-14)21(26)25-19(22(27)28-23(4,5)6)13-17-7-9-18(24)10-8-17/h7-12,19H,13H2,1-6H3,(H,25,26). The maximum atomic E-state index is 13.0. The van der Waals surface area contributed by atoms with Crippen LogP contribution in [0.5, 0.6) is 0 Å². The van der Waals surface area contributed by atoms with Gasteiger partial charge in [-0.2, -0.15) is 0 Å². The predicted molar refractivity (Wildman–Crippen MR) is 121 cm³/mol. The molecule has 0 saturated carbocycles. The Balaban J connectivity index is 2.29. The summed E-state index contributed by atoms with van der Waals surface area (Å²) in [6.07, 6.45) is 0.377. The molecule has 4 nitrogen and oxygen atoms in total. The van der Waals surface area contributed by atoms with Crippen molar-refractivity contribution in [2.45, 2.75) is 59.6 Å². The zero-order valence-corrected chi connectivity index (χ0v) is 19.5. The number of aryl methyl sites for hydroxylation is 3. The second-order valence-corrected chi connectivity index (χ2v) is 9.41. The van der Waals surface area contributed by atoms with Crippen molar-refractivity contribution in [2.75, 3.05) is 0 Å². The van der Waals surface area contributed by atoms with E-state index in [0.29, 0.717) is 12.0 Å². The van der Waals surface area contributed by atoms with E-state index in [1.165, 1.54) is 0 Å². The Kier molecular flexibility index (Phi) is 7.26. The fraction of sp³-hybridized carbons (Fsp3) is 0.391. The lowest BCUT2D eigenvalue weighted by atomic mass is 9.98. The number of benzene rings is 2. The van der Waals surface area contributed by atoms with Gasteiger partial charge in [0.25, 0.3) is 5.91 Å². The highest BCUT2D eigenvalue weighted by atomic mass is 127. The third-order valence-corrected chi connectivity index (χ3v) is 4.97. The summed E-state index contributed by atoms with van der Waals surface area (Å²) in [7, 11) is 0. The minimum Gasteiger partial charge on any atom is -0.458 e. The largest absolute Gasteiger partial charge is 0.458 e. The molecule has 0 fully saturated rings. The van der Waals surface area contributed by atoms with Crippen LogP contribution in [-0.2, 0) is 16.0 Å². The van der Waals surface area contributed by atoms with Gasteiger partial charge in [-0.15, -0.1) is 0 Å². The van der Waals surface area contributed by atoms with E-state index in [4.69, 9.17) is 4.74 Å². The highest BCUT2D eigenvalue weighted by molar-refractivity contribution is 14.1. The topological polar surface area (TPSA) is 55.4 Å². The molecule has 5 heteroatoms. The number of ether oxygens (including phenoxy) is 1. The molecule has 1 atom stereocenters. The van der Waals surface area contributed by atoms with Crippen LogP contribution in [0.2, 0.25) is 0 Å². The van der Waals surface area contributed by atoms with Gasteiger partial charge in [0.2, 0.25) is 0 Å². The third-order valence-electron chi connectivity index (χ3n) is 4.25. The average Bonchev–Trinajstić information content (AvgIpc) is 2.53. The molecule has 1 amide bonds. The second kappa shape index (κ2) is 9.07. The summed E-state index contributed by atoms with van der Waals surface area (Å²) in [5, 5.41) is 2.90. The summed E-state index contributed by atoms with van der Waals surface area (Å²) >= 11 is 2.24. The van der Waals surface area contributed by atoms with Crippen LogP contribution in [0, 0.1) is 24.3 Å². The summed E-state index contributed by atoms with van der Waals surface area (Å²) in [4.78, 5) is 25.8. The number of hydrogen-bond donors (Lipinski definition) is 1. The van der Waals surface area contributed by atoms with Gasteiger partial charge in [-0.05, 0) is 93.0 Å². The van der Waals surface area contributed by atoms with Crippen molar-refractivity contribution in [3.8, 4) is 0 Å². The molecule has 0 aromatic heterocycles. The number of halogens is 1. The SMILES string of the molecule is Cc1cc(C)c(C(=O)NC(Cc2ccc(I)cc2)C(=O)OC(C)(C)C)c(C)c1. The van der Waals surface area contributed by atoms with Gasteiger partial charge in [0.1, 0.15) is 11.6 Å². The van der Waals surface area contributed by atoms with Crippen LogP contribution in [-0.4, -0.2) is 23.5 Å². The molecule has 0 aliphatic rings. The van der Waals surface area contributed by atoms with Crippen molar-refractivity contribution < 1.29 is 14.3 Å². The van der Waals surface area contributed by atoms with Gasteiger partial charge in [0, 0.05) is 15.6 Å². The Bertz CT molecular complexity index is 843. The summed E-state index contributed by atoms with van der Waals surface area (Å²) in [5.41, 5.74) is 3.85. The second-order valence-electron chi connectivity index (χ2n) is 8.16. The van der Waals surface area contributed by atoms with Crippen molar-refractivity contribution in [1.29, 1.82) is 0 Å². The van der Waals surface area contributed by atoms with E-state index < -0.39 is 17.6 Å². The first-order valence-electron chi connectivity index (χ1n) is 9.32. The maximum absolute atomic E-state index is 13.0. The van der Waals surface area contributed by atoms with Crippen molar-refractivity contribution in [3.05, 3.63) is 67.8 Å². The van der Waals surface area contributed by atoms with Gasteiger partial charge >= 0.3 is 5.97 Å². The monoisotopic (exact) mass is 493 g/mol. The first-order valence-corrected chi connectivity index (χ1v) is 10.4. The average molecular weight is 493 g/mol. The summed E-state index contributed by atoms with van der Waals surface area (Å²) in [5.74, 6) is -0.682. The lowest BCUT2D eigenvalue weighted by Gasteiger charge is -2.25. The zero-order valence-electron chi connectivity index (χ0n) is 17.4. The van der Waals surface area contributed by atoms with E-state index in [-0.39, 0.29) is 5.91 Å². The van der Waals surface area contributed by atoms with Crippen LogP contribution in [0.3, 0.4) is 0 Å². The van der Waals surface area contributed by atoms with Crippen LogP contribution in [0.15, 0.2) is 36.4 Å². The Morgan fingerprint density at radius 1 is 1.04 bits per heavy atom. The number of rotatable bonds is 5. The van der Waals surface area contributed by atoms with E-state index in [0.717, 1.165) is 25.8 Å². The van der Waals surface area contributed by atoms with Crippen molar-refractivity contribution >= 4 is 34.5 Å². The molecule has 150 valence electrons. The van der Waals surface area contributed by atoms with Crippen molar-refractivity contribution in [1.82, 2.24) is 5.32 Å². The molecule has 0 aliphatic carbocycles. The number of carbonyl (C=O) groups excluding carboxylic acids is 2. The van der Waals surface area contributed by atoms with E-state index in [1.807, 2.05) is 77.9 Å². The molecule has 28 heavy (non-hydrogen) atoms. The Morgan fingerprint density at radius 2 is 1.57 bits per heavy atom. The Labute approximate surface area is 181 Å². The Morgan fingerprint density at radius 3 is 2.07 bits per heavy atom. The van der Waals surface area contributed by atoms with E-state index in [9.17, 15) is 9.59 Å². The summed E-state index contributed by atoms with van der Waals surface area (Å²) in [6, 6.07) is 11.1. The molecule has 2 aromatic carbocycles. The highest BCUT2D eigenvalue weighted by Gasteiger charge is 2.28. The maximum Gasteiger partial charge on any atom is 0.329 e. The van der Waals surface area contributed by atoms with Gasteiger partial charge in [-0.3, -0.25) is 4.79 Å². The summed E-state index contributed by atoms with van der Waals surface area (Å²) in [6.45, 7) is 11.3. The van der Waals surface area contributed by atoms with Gasteiger partial charge in [-0.1, -0.05) is 29.8 Å². The highest BCUT2D eigenvalue weighted by Crippen LogP contribution is 2.18. The first-order chi connectivity index (χ1) is 13.0. The number of hydrogen-bond acceptors (Lipinski definition) is 3. The zero-order chi connectivity index (χ0) is 21.1. The van der Waals surface area contributed by atoms with Gasteiger partial charge < -0.3 is 10.1 Å². The van der Waals surface area contributed by atoms with Crippen molar-refractivity contribution in [2.24, 2.45) is 0 Å².